The van der Waals surface area contributed by atoms with Crippen LogP contribution in [0.25, 0.3) is 5.69 Å². The number of nitrogens with one attached hydrogen (secondary N) is 1. The second-order valence-electron chi connectivity index (χ2n) is 6.34. The summed E-state index contributed by atoms with van der Waals surface area (Å²) in [5.74, 6) is -0.998. The summed E-state index contributed by atoms with van der Waals surface area (Å²) in [7, 11) is 0. The van der Waals surface area contributed by atoms with Gasteiger partial charge in [0.15, 0.2) is 5.69 Å². The molecule has 0 bridgehead atoms. The zero-order valence-corrected chi connectivity index (χ0v) is 16.4. The predicted octanol–water partition coefficient (Wildman–Crippen LogP) is 4.37. The minimum atomic E-state index is -4.59. The Balaban J connectivity index is 2.00. The van der Waals surface area contributed by atoms with Gasteiger partial charge in [0.25, 0.3) is 11.6 Å². The number of nitro groups is 1. The van der Waals surface area contributed by atoms with E-state index in [0.29, 0.717) is 0 Å². The van der Waals surface area contributed by atoms with Crippen molar-refractivity contribution in [3.8, 4) is 5.69 Å². The monoisotopic (exact) mass is 452 g/mol. The molecule has 160 valence electrons. The number of nitrogens with zero attached hydrogens (tertiary/aromatic N) is 3. The molecule has 0 spiro atoms. The number of rotatable bonds is 4. The number of aromatic nitrogens is 2. The summed E-state index contributed by atoms with van der Waals surface area (Å²) in [5.41, 5.74) is -2.61. The highest BCUT2D eigenvalue weighted by atomic mass is 35.5. The van der Waals surface area contributed by atoms with Gasteiger partial charge in [0.2, 0.25) is 5.43 Å². The number of alkyl halides is 3. The van der Waals surface area contributed by atoms with Crippen molar-refractivity contribution in [1.29, 1.82) is 0 Å². The van der Waals surface area contributed by atoms with Crippen molar-refractivity contribution < 1.29 is 22.9 Å². The van der Waals surface area contributed by atoms with E-state index in [4.69, 9.17) is 11.6 Å². The van der Waals surface area contributed by atoms with Crippen molar-refractivity contribution in [1.82, 2.24) is 9.78 Å². The van der Waals surface area contributed by atoms with Crippen molar-refractivity contribution in [2.75, 3.05) is 5.32 Å². The maximum atomic E-state index is 13.0. The molecule has 0 aliphatic carbocycles. The van der Waals surface area contributed by atoms with Gasteiger partial charge in [-0.15, -0.1) is 0 Å². The Hall–Kier alpha value is -3.73. The quantitative estimate of drug-likeness (QED) is 0.467. The largest absolute Gasteiger partial charge is 0.416 e. The molecule has 1 amide bonds. The van der Waals surface area contributed by atoms with Crippen molar-refractivity contribution >= 4 is 28.9 Å². The fourth-order valence-corrected chi connectivity index (χ4v) is 2.89. The fraction of sp³-hybridized carbons (Fsp3) is 0.105. The van der Waals surface area contributed by atoms with Crippen LogP contribution in [0.1, 0.15) is 21.7 Å². The van der Waals surface area contributed by atoms with Crippen molar-refractivity contribution in [2.45, 2.75) is 13.1 Å². The molecular weight excluding hydrogens is 441 g/mol. The number of hydrogen-bond acceptors (Lipinski definition) is 5. The predicted molar refractivity (Wildman–Crippen MR) is 106 cm³/mol. The Labute approximate surface area is 177 Å². The number of carbonyl (C=O) groups is 1. The molecule has 1 aromatic heterocycles. The highest BCUT2D eigenvalue weighted by Gasteiger charge is 2.30. The lowest BCUT2D eigenvalue weighted by atomic mass is 10.2. The molecule has 0 aliphatic heterocycles. The standard InChI is InChI=1S/C19H12ClF3N4O4/c1-10-7-16(28)17(18(29)24-12-5-6-14(20)15(9-12)27(30)31)25-26(10)13-4-2-3-11(8-13)19(21,22)23/h2-9H,1H3,(H,24,29). The zero-order chi connectivity index (χ0) is 22.9. The molecule has 0 fully saturated rings. The lowest BCUT2D eigenvalue weighted by Gasteiger charge is -2.13. The molecule has 12 heteroatoms. The van der Waals surface area contributed by atoms with Crippen LogP contribution in [0.5, 0.6) is 0 Å². The van der Waals surface area contributed by atoms with Crippen LogP contribution in [0, 0.1) is 17.0 Å². The number of amides is 1. The van der Waals surface area contributed by atoms with Crippen molar-refractivity contribution in [3.05, 3.63) is 90.8 Å². The van der Waals surface area contributed by atoms with Gasteiger partial charge in [-0.1, -0.05) is 17.7 Å². The van der Waals surface area contributed by atoms with E-state index in [1.54, 1.807) is 0 Å². The number of aryl methyl sites for hydroxylation is 1. The molecule has 3 rings (SSSR count). The molecule has 0 saturated heterocycles. The molecular formula is C19H12ClF3N4O4. The Kier molecular flexibility index (Phi) is 5.80. The molecule has 0 radical (unpaired) electrons. The van der Waals surface area contributed by atoms with Crippen LogP contribution in [-0.4, -0.2) is 20.6 Å². The van der Waals surface area contributed by atoms with Crippen molar-refractivity contribution in [3.63, 3.8) is 0 Å². The van der Waals surface area contributed by atoms with Gasteiger partial charge in [-0.25, -0.2) is 4.68 Å². The molecule has 0 unspecified atom stereocenters. The molecule has 31 heavy (non-hydrogen) atoms. The summed E-state index contributed by atoms with van der Waals surface area (Å²) in [5, 5.41) is 17.0. The number of carbonyl (C=O) groups excluding carboxylic acids is 1. The first-order chi connectivity index (χ1) is 14.5. The first-order valence-corrected chi connectivity index (χ1v) is 8.89. The first kappa shape index (κ1) is 22.0. The highest BCUT2D eigenvalue weighted by molar-refractivity contribution is 6.32. The third kappa shape index (κ3) is 4.72. The van der Waals surface area contributed by atoms with Crippen LogP contribution in [0.4, 0.5) is 24.5 Å². The average molecular weight is 453 g/mol. The number of hydrogen-bond donors (Lipinski definition) is 1. The lowest BCUT2D eigenvalue weighted by molar-refractivity contribution is -0.384. The third-order valence-corrected chi connectivity index (χ3v) is 4.46. The van der Waals surface area contributed by atoms with Gasteiger partial charge in [-0.05, 0) is 37.3 Å². The summed E-state index contributed by atoms with van der Waals surface area (Å²) in [6.45, 7) is 1.44. The van der Waals surface area contributed by atoms with E-state index < -0.39 is 39.4 Å². The Morgan fingerprint density at radius 3 is 2.55 bits per heavy atom. The maximum Gasteiger partial charge on any atom is 0.416 e. The van der Waals surface area contributed by atoms with Gasteiger partial charge in [-0.2, -0.15) is 18.3 Å². The van der Waals surface area contributed by atoms with Crippen LogP contribution in [0.2, 0.25) is 5.02 Å². The lowest BCUT2D eigenvalue weighted by Crippen LogP contribution is -2.27. The van der Waals surface area contributed by atoms with E-state index in [9.17, 15) is 32.9 Å². The van der Waals surface area contributed by atoms with E-state index in [0.717, 1.165) is 28.9 Å². The van der Waals surface area contributed by atoms with Crippen LogP contribution in [-0.2, 0) is 6.18 Å². The Morgan fingerprint density at radius 1 is 1.19 bits per heavy atom. The Bertz CT molecular complexity index is 1260. The topological polar surface area (TPSA) is 107 Å². The first-order valence-electron chi connectivity index (χ1n) is 8.51. The second kappa shape index (κ2) is 8.19. The Morgan fingerprint density at radius 2 is 1.90 bits per heavy atom. The molecule has 8 nitrogen and oxygen atoms in total. The maximum absolute atomic E-state index is 13.0. The molecule has 2 aromatic carbocycles. The summed E-state index contributed by atoms with van der Waals surface area (Å²) < 4.78 is 40.1. The average Bonchev–Trinajstić information content (AvgIpc) is 2.68. The van der Waals surface area contributed by atoms with E-state index >= 15 is 0 Å². The molecule has 1 heterocycles. The van der Waals surface area contributed by atoms with E-state index in [1.807, 2.05) is 0 Å². The van der Waals surface area contributed by atoms with E-state index in [-0.39, 0.29) is 22.1 Å². The molecule has 0 aliphatic rings. The third-order valence-electron chi connectivity index (χ3n) is 4.14. The normalized spacial score (nSPS) is 11.3. The van der Waals surface area contributed by atoms with Gasteiger partial charge in [0, 0.05) is 23.5 Å². The minimum Gasteiger partial charge on any atom is -0.320 e. The number of nitro benzene ring substituents is 1. The smallest absolute Gasteiger partial charge is 0.320 e. The summed E-state index contributed by atoms with van der Waals surface area (Å²) in [4.78, 5) is 35.1. The van der Waals surface area contributed by atoms with Crippen LogP contribution in [0.15, 0.2) is 53.3 Å². The molecule has 1 N–H and O–H groups in total. The number of anilines is 1. The summed E-state index contributed by atoms with van der Waals surface area (Å²) >= 11 is 5.72. The molecule has 0 atom stereocenters. The van der Waals surface area contributed by atoms with Crippen LogP contribution < -0.4 is 10.7 Å². The van der Waals surface area contributed by atoms with E-state index in [2.05, 4.69) is 10.4 Å². The van der Waals surface area contributed by atoms with Crippen LogP contribution >= 0.6 is 11.6 Å². The van der Waals surface area contributed by atoms with Gasteiger partial charge in [0.1, 0.15) is 5.02 Å². The van der Waals surface area contributed by atoms with Gasteiger partial charge in [0.05, 0.1) is 16.2 Å². The summed E-state index contributed by atoms with van der Waals surface area (Å²) in [6, 6.07) is 8.74. The summed E-state index contributed by atoms with van der Waals surface area (Å²) in [6.07, 6.45) is -4.59. The number of benzene rings is 2. The SMILES string of the molecule is Cc1cc(=O)c(C(=O)Nc2ccc(Cl)c([N+](=O)[O-])c2)nn1-c1cccc(C(F)(F)F)c1. The van der Waals surface area contributed by atoms with Gasteiger partial charge < -0.3 is 5.32 Å². The van der Waals surface area contributed by atoms with Gasteiger partial charge in [-0.3, -0.25) is 19.7 Å². The zero-order valence-electron chi connectivity index (χ0n) is 15.6. The number of halogens is 4. The van der Waals surface area contributed by atoms with Crippen molar-refractivity contribution in [2.24, 2.45) is 0 Å². The van der Waals surface area contributed by atoms with Gasteiger partial charge >= 0.3 is 6.18 Å². The van der Waals surface area contributed by atoms with E-state index in [1.165, 1.54) is 31.2 Å². The minimum absolute atomic E-state index is 0.0106. The second-order valence-corrected chi connectivity index (χ2v) is 6.74. The van der Waals surface area contributed by atoms with Crippen LogP contribution in [0.3, 0.4) is 0 Å². The molecule has 0 saturated carbocycles. The highest BCUT2D eigenvalue weighted by Crippen LogP contribution is 2.30. The molecule has 3 aromatic rings. The fourth-order valence-electron chi connectivity index (χ4n) is 2.70.